The summed E-state index contributed by atoms with van der Waals surface area (Å²) < 4.78 is 10.6. The van der Waals surface area contributed by atoms with Crippen molar-refractivity contribution in [2.24, 2.45) is 11.8 Å². The molecule has 4 nitrogen and oxygen atoms in total. The highest BCUT2D eigenvalue weighted by Gasteiger charge is 2.36. The average Bonchev–Trinajstić information content (AvgIpc) is 2.96. The summed E-state index contributed by atoms with van der Waals surface area (Å²) >= 11 is 0. The lowest BCUT2D eigenvalue weighted by molar-refractivity contribution is 0.0514. The number of hydrogen-bond acceptors (Lipinski definition) is 4. The minimum absolute atomic E-state index is 0.344. The molecule has 0 radical (unpaired) electrons. The molecule has 0 aromatic carbocycles. The van der Waals surface area contributed by atoms with Gasteiger partial charge in [0, 0.05) is 5.92 Å². The standard InChI is InChI=1S/C16H23NO3/c1-2-19-16(18)14-15(20-10-17-14)13-8-7-11-5-3-4-6-12(11)9-13/h10-13H,2-9H2,1H3. The Kier molecular flexibility index (Phi) is 4.08. The van der Waals surface area contributed by atoms with E-state index in [2.05, 4.69) is 4.98 Å². The molecule has 2 aliphatic rings. The van der Waals surface area contributed by atoms with Crippen LogP contribution in [0.25, 0.3) is 0 Å². The number of carbonyl (C=O) groups excluding carboxylic acids is 1. The lowest BCUT2D eigenvalue weighted by Crippen LogP contribution is -2.27. The van der Waals surface area contributed by atoms with Gasteiger partial charge in [-0.05, 0) is 38.0 Å². The smallest absolute Gasteiger partial charge is 0.360 e. The highest BCUT2D eigenvalue weighted by molar-refractivity contribution is 5.88. The molecule has 1 heterocycles. The third-order valence-electron chi connectivity index (χ3n) is 4.97. The van der Waals surface area contributed by atoms with Crippen molar-refractivity contribution in [1.82, 2.24) is 4.98 Å². The van der Waals surface area contributed by atoms with E-state index >= 15 is 0 Å². The molecule has 1 aromatic heterocycles. The largest absolute Gasteiger partial charge is 0.461 e. The first kappa shape index (κ1) is 13.7. The van der Waals surface area contributed by atoms with Gasteiger partial charge in [-0.3, -0.25) is 0 Å². The Morgan fingerprint density at radius 2 is 2.10 bits per heavy atom. The van der Waals surface area contributed by atoms with Gasteiger partial charge < -0.3 is 9.15 Å². The summed E-state index contributed by atoms with van der Waals surface area (Å²) in [6, 6.07) is 0. The van der Waals surface area contributed by atoms with E-state index in [-0.39, 0.29) is 5.97 Å². The number of carbonyl (C=O) groups is 1. The zero-order chi connectivity index (χ0) is 13.9. The van der Waals surface area contributed by atoms with Crippen molar-refractivity contribution < 1.29 is 13.9 Å². The van der Waals surface area contributed by atoms with Crippen LogP contribution in [-0.2, 0) is 4.74 Å². The van der Waals surface area contributed by atoms with Gasteiger partial charge in [0.25, 0.3) is 0 Å². The molecular formula is C16H23NO3. The summed E-state index contributed by atoms with van der Waals surface area (Å²) in [6.45, 7) is 2.19. The second-order valence-electron chi connectivity index (χ2n) is 6.10. The first-order valence-corrected chi connectivity index (χ1v) is 7.90. The van der Waals surface area contributed by atoms with Crippen molar-refractivity contribution in [1.29, 1.82) is 0 Å². The van der Waals surface area contributed by atoms with Crippen molar-refractivity contribution >= 4 is 5.97 Å². The van der Waals surface area contributed by atoms with Crippen molar-refractivity contribution in [2.75, 3.05) is 6.61 Å². The van der Waals surface area contributed by atoms with Gasteiger partial charge in [-0.15, -0.1) is 0 Å². The molecular weight excluding hydrogens is 254 g/mol. The molecule has 2 saturated carbocycles. The van der Waals surface area contributed by atoms with Crippen LogP contribution >= 0.6 is 0 Å². The third kappa shape index (κ3) is 2.60. The van der Waals surface area contributed by atoms with Gasteiger partial charge in [0.2, 0.25) is 0 Å². The number of rotatable bonds is 3. The van der Waals surface area contributed by atoms with E-state index in [1.165, 1.54) is 38.5 Å². The van der Waals surface area contributed by atoms with Crippen molar-refractivity contribution in [3.05, 3.63) is 17.8 Å². The Morgan fingerprint density at radius 3 is 2.90 bits per heavy atom. The molecule has 20 heavy (non-hydrogen) atoms. The molecule has 0 spiro atoms. The number of hydrogen-bond donors (Lipinski definition) is 0. The molecule has 3 atom stereocenters. The average molecular weight is 277 g/mol. The fourth-order valence-corrected chi connectivity index (χ4v) is 4.01. The summed E-state index contributed by atoms with van der Waals surface area (Å²) in [6.07, 6.45) is 10.4. The van der Waals surface area contributed by atoms with Crippen LogP contribution in [0, 0.1) is 11.8 Å². The molecule has 0 amide bonds. The van der Waals surface area contributed by atoms with Gasteiger partial charge in [-0.2, -0.15) is 0 Å². The number of oxazole rings is 1. The normalized spacial score (nSPS) is 29.8. The molecule has 3 rings (SSSR count). The molecule has 2 fully saturated rings. The Bertz CT molecular complexity index is 468. The molecule has 0 bridgehead atoms. The molecule has 3 unspecified atom stereocenters. The van der Waals surface area contributed by atoms with Crippen LogP contribution in [-0.4, -0.2) is 17.6 Å². The molecule has 0 aliphatic heterocycles. The van der Waals surface area contributed by atoms with E-state index in [0.717, 1.165) is 30.4 Å². The van der Waals surface area contributed by atoms with Crippen LogP contribution in [0.4, 0.5) is 0 Å². The molecule has 2 aliphatic carbocycles. The first-order chi connectivity index (χ1) is 9.79. The van der Waals surface area contributed by atoms with Crippen LogP contribution in [0.15, 0.2) is 10.8 Å². The summed E-state index contributed by atoms with van der Waals surface area (Å²) in [7, 11) is 0. The lowest BCUT2D eigenvalue weighted by atomic mass is 9.67. The highest BCUT2D eigenvalue weighted by Crippen LogP contribution is 2.46. The second kappa shape index (κ2) is 5.98. The minimum Gasteiger partial charge on any atom is -0.461 e. The van der Waals surface area contributed by atoms with E-state index in [1.54, 1.807) is 0 Å². The Hall–Kier alpha value is -1.32. The van der Waals surface area contributed by atoms with Crippen molar-refractivity contribution in [3.63, 3.8) is 0 Å². The van der Waals surface area contributed by atoms with Gasteiger partial charge in [-0.1, -0.05) is 25.7 Å². The topological polar surface area (TPSA) is 52.3 Å². The fraction of sp³-hybridized carbons (Fsp3) is 0.750. The predicted molar refractivity (Wildman–Crippen MR) is 74.5 cm³/mol. The Morgan fingerprint density at radius 1 is 1.30 bits per heavy atom. The monoisotopic (exact) mass is 277 g/mol. The number of ether oxygens (including phenoxy) is 1. The maximum absolute atomic E-state index is 11.9. The fourth-order valence-electron chi connectivity index (χ4n) is 4.01. The first-order valence-electron chi connectivity index (χ1n) is 7.90. The minimum atomic E-state index is -0.345. The van der Waals surface area contributed by atoms with Crippen LogP contribution in [0.2, 0.25) is 0 Å². The summed E-state index contributed by atoms with van der Waals surface area (Å²) in [5.74, 6) is 2.46. The zero-order valence-electron chi connectivity index (χ0n) is 12.1. The quantitative estimate of drug-likeness (QED) is 0.786. The van der Waals surface area contributed by atoms with E-state index in [9.17, 15) is 4.79 Å². The summed E-state index contributed by atoms with van der Waals surface area (Å²) in [5.41, 5.74) is 0.395. The van der Waals surface area contributed by atoms with Crippen molar-refractivity contribution in [3.8, 4) is 0 Å². The maximum Gasteiger partial charge on any atom is 0.360 e. The van der Waals surface area contributed by atoms with Crippen LogP contribution in [0.3, 0.4) is 0 Å². The van der Waals surface area contributed by atoms with Crippen LogP contribution in [0.5, 0.6) is 0 Å². The second-order valence-corrected chi connectivity index (χ2v) is 6.10. The molecule has 4 heteroatoms. The van der Waals surface area contributed by atoms with Gasteiger partial charge in [0.1, 0.15) is 5.76 Å². The summed E-state index contributed by atoms with van der Waals surface area (Å²) in [5, 5.41) is 0. The SMILES string of the molecule is CCOC(=O)c1ncoc1C1CCC2CCCCC2C1. The third-order valence-corrected chi connectivity index (χ3v) is 4.97. The highest BCUT2D eigenvalue weighted by atomic mass is 16.5. The molecule has 1 aromatic rings. The zero-order valence-corrected chi connectivity index (χ0v) is 12.1. The van der Waals surface area contributed by atoms with E-state index in [1.807, 2.05) is 6.92 Å². The van der Waals surface area contributed by atoms with Gasteiger partial charge in [0.05, 0.1) is 6.61 Å². The molecule has 110 valence electrons. The number of fused-ring (bicyclic) bond motifs is 1. The number of esters is 1. The van der Waals surface area contributed by atoms with E-state index < -0.39 is 0 Å². The molecule has 0 N–H and O–H groups in total. The van der Waals surface area contributed by atoms with Gasteiger partial charge in [-0.25, -0.2) is 9.78 Å². The number of aromatic nitrogens is 1. The van der Waals surface area contributed by atoms with Crippen LogP contribution < -0.4 is 0 Å². The maximum atomic E-state index is 11.9. The number of nitrogens with zero attached hydrogens (tertiary/aromatic N) is 1. The predicted octanol–water partition coefficient (Wildman–Crippen LogP) is 3.93. The van der Waals surface area contributed by atoms with Gasteiger partial charge >= 0.3 is 5.97 Å². The van der Waals surface area contributed by atoms with E-state index in [4.69, 9.17) is 9.15 Å². The molecule has 0 saturated heterocycles. The van der Waals surface area contributed by atoms with Gasteiger partial charge in [0.15, 0.2) is 12.1 Å². The van der Waals surface area contributed by atoms with Crippen molar-refractivity contribution in [2.45, 2.75) is 57.8 Å². The van der Waals surface area contributed by atoms with Crippen LogP contribution in [0.1, 0.15) is 74.0 Å². The lowest BCUT2D eigenvalue weighted by Gasteiger charge is -2.38. The Labute approximate surface area is 119 Å². The van der Waals surface area contributed by atoms with E-state index in [0.29, 0.717) is 18.2 Å². The summed E-state index contributed by atoms with van der Waals surface area (Å²) in [4.78, 5) is 16.0. The Balaban J connectivity index is 1.73.